The molecular formula is C13H14ClF2NO3S. The second-order valence-corrected chi connectivity index (χ2v) is 7.46. The van der Waals surface area contributed by atoms with Crippen LogP contribution in [0.1, 0.15) is 36.5 Å². The normalized spacial score (nSPS) is 15.0. The number of hydrogen-bond donors (Lipinski definition) is 0. The van der Waals surface area contributed by atoms with Gasteiger partial charge in [0.15, 0.2) is 0 Å². The van der Waals surface area contributed by atoms with Gasteiger partial charge in [-0.1, -0.05) is 6.92 Å². The lowest BCUT2D eigenvalue weighted by atomic mass is 10.1. The van der Waals surface area contributed by atoms with Gasteiger partial charge in [0.1, 0.15) is 16.5 Å². The van der Waals surface area contributed by atoms with Crippen molar-refractivity contribution in [1.29, 1.82) is 0 Å². The quantitative estimate of drug-likeness (QED) is 0.776. The smallest absolute Gasteiger partial charge is 0.264 e. The first-order chi connectivity index (χ1) is 9.75. The maximum Gasteiger partial charge on any atom is 0.264 e. The molecule has 0 unspecified atom stereocenters. The molecule has 21 heavy (non-hydrogen) atoms. The topological polar surface area (TPSA) is 54.5 Å². The van der Waals surface area contributed by atoms with Crippen molar-refractivity contribution in [3.63, 3.8) is 0 Å². The van der Waals surface area contributed by atoms with E-state index < -0.39 is 37.1 Å². The lowest BCUT2D eigenvalue weighted by molar-refractivity contribution is 0.0738. The summed E-state index contributed by atoms with van der Waals surface area (Å²) in [6.45, 7) is 2.31. The molecule has 1 aliphatic carbocycles. The van der Waals surface area contributed by atoms with E-state index in [-0.39, 0.29) is 6.04 Å². The summed E-state index contributed by atoms with van der Waals surface area (Å²) >= 11 is 0. The Balaban J connectivity index is 2.45. The minimum Gasteiger partial charge on any atom is -0.336 e. The van der Waals surface area contributed by atoms with E-state index in [4.69, 9.17) is 10.7 Å². The molecule has 0 radical (unpaired) electrons. The van der Waals surface area contributed by atoms with Crippen molar-refractivity contribution in [2.24, 2.45) is 0 Å². The van der Waals surface area contributed by atoms with Crippen LogP contribution >= 0.6 is 10.7 Å². The first-order valence-electron chi connectivity index (χ1n) is 6.50. The molecule has 4 nitrogen and oxygen atoms in total. The predicted octanol–water partition coefficient (Wildman–Crippen LogP) is 2.91. The molecule has 1 saturated carbocycles. The highest BCUT2D eigenvalue weighted by molar-refractivity contribution is 8.13. The van der Waals surface area contributed by atoms with Crippen LogP contribution in [0.2, 0.25) is 0 Å². The third-order valence-electron chi connectivity index (χ3n) is 3.23. The molecule has 0 aromatic heterocycles. The second-order valence-electron chi connectivity index (χ2n) is 4.93. The number of carbonyl (C=O) groups excluding carboxylic acids is 1. The lowest BCUT2D eigenvalue weighted by Crippen LogP contribution is -2.34. The number of halogens is 3. The minimum atomic E-state index is -4.39. The molecule has 0 spiro atoms. The van der Waals surface area contributed by atoms with E-state index in [1.54, 1.807) is 0 Å². The van der Waals surface area contributed by atoms with Crippen LogP contribution in [0.4, 0.5) is 8.78 Å². The molecule has 0 aliphatic heterocycles. The van der Waals surface area contributed by atoms with Crippen molar-refractivity contribution < 1.29 is 22.0 Å². The molecule has 0 heterocycles. The standard InChI is InChI=1S/C13H14ClF2NO3S/c1-2-5-17(8-3-4-8)13(18)9-6-12(21(14,19)20)11(16)7-10(9)15/h6-8H,2-5H2,1H3. The SMILES string of the molecule is CCCN(C(=O)c1cc(S(=O)(=O)Cl)c(F)cc1F)C1CC1. The van der Waals surface area contributed by atoms with Gasteiger partial charge < -0.3 is 4.90 Å². The summed E-state index contributed by atoms with van der Waals surface area (Å²) in [5.41, 5.74) is -0.476. The van der Waals surface area contributed by atoms with Gasteiger partial charge in [-0.25, -0.2) is 17.2 Å². The maximum absolute atomic E-state index is 13.8. The molecule has 8 heteroatoms. The molecular weight excluding hydrogens is 324 g/mol. The van der Waals surface area contributed by atoms with Gasteiger partial charge in [-0.15, -0.1) is 0 Å². The third kappa shape index (κ3) is 3.52. The predicted molar refractivity (Wildman–Crippen MR) is 73.7 cm³/mol. The summed E-state index contributed by atoms with van der Waals surface area (Å²) in [6.07, 6.45) is 2.34. The van der Waals surface area contributed by atoms with Crippen LogP contribution in [0.15, 0.2) is 17.0 Å². The average Bonchev–Trinajstić information content (AvgIpc) is 3.17. The Morgan fingerprint density at radius 2 is 1.95 bits per heavy atom. The molecule has 1 aliphatic rings. The molecule has 1 aromatic rings. The Morgan fingerprint density at radius 3 is 2.43 bits per heavy atom. The molecule has 0 atom stereocenters. The van der Waals surface area contributed by atoms with Crippen LogP contribution in [0.3, 0.4) is 0 Å². The zero-order valence-corrected chi connectivity index (χ0v) is 12.8. The summed E-state index contributed by atoms with van der Waals surface area (Å²) in [6, 6.07) is 1.08. The van der Waals surface area contributed by atoms with Crippen LogP contribution < -0.4 is 0 Å². The number of amides is 1. The van der Waals surface area contributed by atoms with Crippen LogP contribution in [-0.4, -0.2) is 31.8 Å². The minimum absolute atomic E-state index is 0.0398. The zero-order chi connectivity index (χ0) is 15.8. The van der Waals surface area contributed by atoms with Gasteiger partial charge in [0, 0.05) is 29.3 Å². The summed E-state index contributed by atoms with van der Waals surface area (Å²) in [4.78, 5) is 13.0. The molecule has 116 valence electrons. The molecule has 0 N–H and O–H groups in total. The van der Waals surface area contributed by atoms with Crippen LogP contribution in [0, 0.1) is 11.6 Å². The van der Waals surface area contributed by atoms with Crippen molar-refractivity contribution >= 4 is 25.6 Å². The van der Waals surface area contributed by atoms with Crippen molar-refractivity contribution in [1.82, 2.24) is 4.90 Å². The van der Waals surface area contributed by atoms with Gasteiger partial charge >= 0.3 is 0 Å². The van der Waals surface area contributed by atoms with E-state index in [1.165, 1.54) is 4.90 Å². The van der Waals surface area contributed by atoms with E-state index >= 15 is 0 Å². The highest BCUT2D eigenvalue weighted by atomic mass is 35.7. The van der Waals surface area contributed by atoms with Gasteiger partial charge in [-0.3, -0.25) is 4.79 Å². The fourth-order valence-electron chi connectivity index (χ4n) is 2.11. The fourth-order valence-corrected chi connectivity index (χ4v) is 3.02. The monoisotopic (exact) mass is 337 g/mol. The fraction of sp³-hybridized carbons (Fsp3) is 0.462. The lowest BCUT2D eigenvalue weighted by Gasteiger charge is -2.22. The number of rotatable bonds is 5. The van der Waals surface area contributed by atoms with E-state index in [0.29, 0.717) is 25.1 Å². The van der Waals surface area contributed by atoms with Gasteiger partial charge in [0.05, 0.1) is 5.56 Å². The molecule has 0 saturated heterocycles. The zero-order valence-electron chi connectivity index (χ0n) is 11.3. The summed E-state index contributed by atoms with van der Waals surface area (Å²) in [7, 11) is 0.704. The van der Waals surface area contributed by atoms with Gasteiger partial charge in [0.2, 0.25) is 0 Å². The average molecular weight is 338 g/mol. The molecule has 0 bridgehead atoms. The van der Waals surface area contributed by atoms with Crippen molar-refractivity contribution in [2.75, 3.05) is 6.54 Å². The van der Waals surface area contributed by atoms with E-state index in [2.05, 4.69) is 0 Å². The Hall–Kier alpha value is -1.21. The van der Waals surface area contributed by atoms with Gasteiger partial charge in [0.25, 0.3) is 15.0 Å². The number of nitrogens with zero attached hydrogens (tertiary/aromatic N) is 1. The number of benzene rings is 1. The highest BCUT2D eigenvalue weighted by Crippen LogP contribution is 2.30. The Labute approximate surface area is 126 Å². The van der Waals surface area contributed by atoms with E-state index in [1.807, 2.05) is 6.92 Å². The Bertz CT molecular complexity index is 674. The third-order valence-corrected chi connectivity index (χ3v) is 4.56. The number of carbonyl (C=O) groups is 1. The summed E-state index contributed by atoms with van der Waals surface area (Å²) < 4.78 is 49.8. The summed E-state index contributed by atoms with van der Waals surface area (Å²) in [5, 5.41) is 0. The van der Waals surface area contributed by atoms with Crippen molar-refractivity contribution in [2.45, 2.75) is 37.1 Å². The summed E-state index contributed by atoms with van der Waals surface area (Å²) in [5.74, 6) is -3.05. The molecule has 1 fully saturated rings. The van der Waals surface area contributed by atoms with E-state index in [9.17, 15) is 22.0 Å². The first-order valence-corrected chi connectivity index (χ1v) is 8.81. The largest absolute Gasteiger partial charge is 0.336 e. The van der Waals surface area contributed by atoms with Crippen molar-refractivity contribution in [3.05, 3.63) is 29.3 Å². The van der Waals surface area contributed by atoms with E-state index in [0.717, 1.165) is 12.8 Å². The highest BCUT2D eigenvalue weighted by Gasteiger charge is 2.34. The molecule has 2 rings (SSSR count). The number of hydrogen-bond acceptors (Lipinski definition) is 3. The van der Waals surface area contributed by atoms with Crippen LogP contribution in [-0.2, 0) is 9.05 Å². The van der Waals surface area contributed by atoms with Crippen molar-refractivity contribution in [3.8, 4) is 0 Å². The second kappa shape index (κ2) is 5.88. The molecule has 1 amide bonds. The van der Waals surface area contributed by atoms with Crippen LogP contribution in [0.5, 0.6) is 0 Å². The van der Waals surface area contributed by atoms with Gasteiger partial charge in [-0.2, -0.15) is 0 Å². The Kier molecular flexibility index (Phi) is 4.53. The first kappa shape index (κ1) is 16.2. The van der Waals surface area contributed by atoms with Crippen LogP contribution in [0.25, 0.3) is 0 Å². The maximum atomic E-state index is 13.8. The molecule has 1 aromatic carbocycles. The van der Waals surface area contributed by atoms with Gasteiger partial charge in [-0.05, 0) is 25.3 Å². The Morgan fingerprint density at radius 1 is 1.33 bits per heavy atom.